The van der Waals surface area contributed by atoms with E-state index in [0.717, 1.165) is 44.1 Å². The molecule has 3 aromatic carbocycles. The lowest BCUT2D eigenvalue weighted by molar-refractivity contribution is 0.238. The molecule has 0 atom stereocenters. The van der Waals surface area contributed by atoms with Crippen LogP contribution in [0.1, 0.15) is 37.3 Å². The number of benzene rings is 3. The van der Waals surface area contributed by atoms with Crippen LogP contribution in [0.25, 0.3) is 20.5 Å². The number of thiophene rings is 1. The summed E-state index contributed by atoms with van der Waals surface area (Å²) in [5.41, 5.74) is 3.95. The molecule has 3 nitrogen and oxygen atoms in total. The third kappa shape index (κ3) is 5.45. The van der Waals surface area contributed by atoms with Crippen LogP contribution in [0.4, 0.5) is 0 Å². The van der Waals surface area contributed by atoms with Gasteiger partial charge in [0, 0.05) is 16.1 Å². The molecular formula is C30H33NO2S. The Morgan fingerprint density at radius 3 is 2.21 bits per heavy atom. The lowest BCUT2D eigenvalue weighted by atomic mass is 9.99. The quantitative estimate of drug-likeness (QED) is 0.240. The van der Waals surface area contributed by atoms with E-state index in [1.165, 1.54) is 57.6 Å². The highest BCUT2D eigenvalue weighted by Gasteiger charge is 2.15. The standard InChI is InChI=1S/C30H33NO2S/c1-2-20-32-25-13-9-23(10-14-25)22-28-27-7-3-4-8-29(27)34-30(28)24-11-15-26(16-12-24)33-21-19-31-17-5-6-18-31/h3-4,7-16H,2,5-6,17-22H2,1H3. The van der Waals surface area contributed by atoms with Crippen molar-refractivity contribution in [3.63, 3.8) is 0 Å². The van der Waals surface area contributed by atoms with Gasteiger partial charge in [-0.15, -0.1) is 11.3 Å². The largest absolute Gasteiger partial charge is 0.494 e. The van der Waals surface area contributed by atoms with Gasteiger partial charge in [-0.05, 0) is 103 Å². The second-order valence-corrected chi connectivity index (χ2v) is 10.0. The van der Waals surface area contributed by atoms with Crippen LogP contribution < -0.4 is 9.47 Å². The topological polar surface area (TPSA) is 21.7 Å². The molecule has 1 aliphatic heterocycles. The molecule has 2 heterocycles. The van der Waals surface area contributed by atoms with Gasteiger partial charge in [-0.3, -0.25) is 4.90 Å². The van der Waals surface area contributed by atoms with Gasteiger partial charge in [0.2, 0.25) is 0 Å². The Kier molecular flexibility index (Phi) is 7.47. The molecule has 0 bridgehead atoms. The second kappa shape index (κ2) is 11.1. The summed E-state index contributed by atoms with van der Waals surface area (Å²) in [6.45, 7) is 7.09. The molecule has 4 aromatic rings. The van der Waals surface area contributed by atoms with Gasteiger partial charge in [-0.2, -0.15) is 0 Å². The van der Waals surface area contributed by atoms with E-state index in [-0.39, 0.29) is 0 Å². The summed E-state index contributed by atoms with van der Waals surface area (Å²) >= 11 is 1.88. The molecule has 4 heteroatoms. The number of hydrogen-bond acceptors (Lipinski definition) is 4. The molecule has 5 rings (SSSR count). The predicted molar refractivity (Wildman–Crippen MR) is 143 cm³/mol. The Hall–Kier alpha value is -2.82. The number of fused-ring (bicyclic) bond motifs is 1. The molecule has 0 radical (unpaired) electrons. The summed E-state index contributed by atoms with van der Waals surface area (Å²) in [4.78, 5) is 3.83. The van der Waals surface area contributed by atoms with Gasteiger partial charge in [-0.25, -0.2) is 0 Å². The van der Waals surface area contributed by atoms with Crippen molar-refractivity contribution in [3.05, 3.63) is 83.9 Å². The van der Waals surface area contributed by atoms with E-state index in [4.69, 9.17) is 9.47 Å². The third-order valence-corrected chi connectivity index (χ3v) is 7.73. The molecule has 1 saturated heterocycles. The van der Waals surface area contributed by atoms with Crippen LogP contribution >= 0.6 is 11.3 Å². The zero-order chi connectivity index (χ0) is 23.2. The van der Waals surface area contributed by atoms with Crippen LogP contribution in [0.15, 0.2) is 72.8 Å². The van der Waals surface area contributed by atoms with Crippen LogP contribution in [-0.4, -0.2) is 37.7 Å². The van der Waals surface area contributed by atoms with Crippen molar-refractivity contribution in [2.24, 2.45) is 0 Å². The lowest BCUT2D eigenvalue weighted by Gasteiger charge is -2.15. The van der Waals surface area contributed by atoms with Crippen LogP contribution in [0.2, 0.25) is 0 Å². The van der Waals surface area contributed by atoms with Gasteiger partial charge in [0.05, 0.1) is 6.61 Å². The van der Waals surface area contributed by atoms with Crippen LogP contribution in [0.5, 0.6) is 11.5 Å². The van der Waals surface area contributed by atoms with E-state index in [1.807, 2.05) is 11.3 Å². The summed E-state index contributed by atoms with van der Waals surface area (Å²) in [6, 6.07) is 26.0. The molecular weight excluding hydrogens is 438 g/mol. The van der Waals surface area contributed by atoms with Crippen LogP contribution in [0.3, 0.4) is 0 Å². The van der Waals surface area contributed by atoms with Gasteiger partial charge in [0.15, 0.2) is 0 Å². The first-order valence-electron chi connectivity index (χ1n) is 12.5. The fourth-order valence-corrected chi connectivity index (χ4v) is 5.86. The Labute approximate surface area is 206 Å². The van der Waals surface area contributed by atoms with Crippen molar-refractivity contribution in [2.45, 2.75) is 32.6 Å². The molecule has 0 spiro atoms. The highest BCUT2D eigenvalue weighted by Crippen LogP contribution is 2.40. The van der Waals surface area contributed by atoms with E-state index in [0.29, 0.717) is 0 Å². The van der Waals surface area contributed by atoms with Crippen molar-refractivity contribution in [1.82, 2.24) is 4.90 Å². The first-order valence-corrected chi connectivity index (χ1v) is 13.3. The molecule has 0 amide bonds. The van der Waals surface area contributed by atoms with Crippen molar-refractivity contribution in [2.75, 3.05) is 32.8 Å². The first kappa shape index (κ1) is 22.9. The van der Waals surface area contributed by atoms with Gasteiger partial charge >= 0.3 is 0 Å². The molecule has 1 aromatic heterocycles. The third-order valence-electron chi connectivity index (χ3n) is 6.47. The lowest BCUT2D eigenvalue weighted by Crippen LogP contribution is -2.25. The van der Waals surface area contributed by atoms with Crippen molar-refractivity contribution >= 4 is 21.4 Å². The minimum atomic E-state index is 0.755. The van der Waals surface area contributed by atoms with Crippen LogP contribution in [-0.2, 0) is 6.42 Å². The van der Waals surface area contributed by atoms with Gasteiger partial charge < -0.3 is 9.47 Å². The SMILES string of the molecule is CCCOc1ccc(Cc2c(-c3ccc(OCCN4CCCC4)cc3)sc3ccccc23)cc1. The number of hydrogen-bond donors (Lipinski definition) is 0. The van der Waals surface area contributed by atoms with E-state index in [9.17, 15) is 0 Å². The maximum atomic E-state index is 6.03. The average Bonchev–Trinajstić information content (AvgIpc) is 3.52. The van der Waals surface area contributed by atoms with Gasteiger partial charge in [-0.1, -0.05) is 37.3 Å². The first-order chi connectivity index (χ1) is 16.8. The molecule has 1 fully saturated rings. The molecule has 0 saturated carbocycles. The number of nitrogens with zero attached hydrogens (tertiary/aromatic N) is 1. The number of likely N-dealkylation sites (tertiary alicyclic amines) is 1. The highest BCUT2D eigenvalue weighted by molar-refractivity contribution is 7.22. The molecule has 0 N–H and O–H groups in total. The normalized spacial score (nSPS) is 14.0. The fourth-order valence-electron chi connectivity index (χ4n) is 4.64. The Morgan fingerprint density at radius 2 is 1.47 bits per heavy atom. The second-order valence-electron chi connectivity index (χ2n) is 9.00. The van der Waals surface area contributed by atoms with E-state index < -0.39 is 0 Å². The number of ether oxygens (including phenoxy) is 2. The van der Waals surface area contributed by atoms with Crippen LogP contribution in [0, 0.1) is 0 Å². The number of rotatable bonds is 10. The van der Waals surface area contributed by atoms with Crippen molar-refractivity contribution in [3.8, 4) is 21.9 Å². The van der Waals surface area contributed by atoms with Crippen molar-refractivity contribution < 1.29 is 9.47 Å². The molecule has 0 aliphatic carbocycles. The summed E-state index contributed by atoms with van der Waals surface area (Å²) in [7, 11) is 0. The average molecular weight is 472 g/mol. The highest BCUT2D eigenvalue weighted by atomic mass is 32.1. The Bertz CT molecular complexity index is 1190. The van der Waals surface area contributed by atoms with Crippen molar-refractivity contribution in [1.29, 1.82) is 0 Å². The van der Waals surface area contributed by atoms with E-state index >= 15 is 0 Å². The monoisotopic (exact) mass is 471 g/mol. The molecule has 176 valence electrons. The summed E-state index contributed by atoms with van der Waals surface area (Å²) in [6.07, 6.45) is 4.57. The molecule has 0 unspecified atom stereocenters. The maximum Gasteiger partial charge on any atom is 0.119 e. The van der Waals surface area contributed by atoms with E-state index in [1.54, 1.807) is 0 Å². The Morgan fingerprint density at radius 1 is 0.794 bits per heavy atom. The zero-order valence-electron chi connectivity index (χ0n) is 20.0. The minimum Gasteiger partial charge on any atom is -0.494 e. The summed E-state index contributed by atoms with van der Waals surface area (Å²) in [5.74, 6) is 1.90. The fraction of sp³-hybridized carbons (Fsp3) is 0.333. The van der Waals surface area contributed by atoms with E-state index in [2.05, 4.69) is 84.6 Å². The maximum absolute atomic E-state index is 6.03. The summed E-state index contributed by atoms with van der Waals surface area (Å²) < 4.78 is 13.1. The molecule has 1 aliphatic rings. The Balaban J connectivity index is 1.34. The van der Waals surface area contributed by atoms with Gasteiger partial charge in [0.25, 0.3) is 0 Å². The molecule has 34 heavy (non-hydrogen) atoms. The smallest absolute Gasteiger partial charge is 0.119 e. The zero-order valence-corrected chi connectivity index (χ0v) is 20.8. The van der Waals surface area contributed by atoms with Gasteiger partial charge in [0.1, 0.15) is 18.1 Å². The minimum absolute atomic E-state index is 0.755. The summed E-state index contributed by atoms with van der Waals surface area (Å²) in [5, 5.41) is 1.35. The predicted octanol–water partition coefficient (Wildman–Crippen LogP) is 7.42.